The molecular weight excluding hydrogens is 348 g/mol. The summed E-state index contributed by atoms with van der Waals surface area (Å²) in [6.07, 6.45) is 1.25. The van der Waals surface area contributed by atoms with Gasteiger partial charge in [0.15, 0.2) is 0 Å². The van der Waals surface area contributed by atoms with Crippen LogP contribution >= 0.6 is 0 Å². The number of methoxy groups -OCH3 is 1. The molecule has 0 spiro atoms. The summed E-state index contributed by atoms with van der Waals surface area (Å²) >= 11 is 0. The van der Waals surface area contributed by atoms with E-state index in [1.165, 1.54) is 4.90 Å². The van der Waals surface area contributed by atoms with Crippen molar-refractivity contribution in [1.82, 2.24) is 10.6 Å². The highest BCUT2D eigenvalue weighted by Crippen LogP contribution is 2.24. The molecule has 0 radical (unpaired) electrons. The van der Waals surface area contributed by atoms with Crippen molar-refractivity contribution in [2.45, 2.75) is 18.9 Å². The lowest BCUT2D eigenvalue weighted by Crippen LogP contribution is -3.14. The molecule has 3 rings (SSSR count). The van der Waals surface area contributed by atoms with E-state index in [-0.39, 0.29) is 18.0 Å². The van der Waals surface area contributed by atoms with Crippen molar-refractivity contribution >= 4 is 17.6 Å². The summed E-state index contributed by atoms with van der Waals surface area (Å²) in [5.41, 5.74) is 0.819. The van der Waals surface area contributed by atoms with E-state index in [1.807, 2.05) is 24.3 Å². The van der Waals surface area contributed by atoms with Gasteiger partial charge in [0, 0.05) is 31.6 Å². The Balaban J connectivity index is 1.37. The maximum Gasteiger partial charge on any atom is 0.315 e. The van der Waals surface area contributed by atoms with Gasteiger partial charge >= 0.3 is 6.03 Å². The van der Waals surface area contributed by atoms with Gasteiger partial charge in [0.1, 0.15) is 18.8 Å². The second-order valence-electron chi connectivity index (χ2n) is 6.97. The van der Waals surface area contributed by atoms with Gasteiger partial charge in [0.2, 0.25) is 5.91 Å². The van der Waals surface area contributed by atoms with Gasteiger partial charge < -0.3 is 29.9 Å². The van der Waals surface area contributed by atoms with Crippen LogP contribution in [0.2, 0.25) is 0 Å². The van der Waals surface area contributed by atoms with Gasteiger partial charge in [0.05, 0.1) is 32.9 Å². The number of morpholine rings is 1. The number of urea groups is 1. The van der Waals surface area contributed by atoms with Gasteiger partial charge in [-0.05, 0) is 24.3 Å². The Bertz CT molecular complexity index is 631. The Morgan fingerprint density at radius 1 is 1.30 bits per heavy atom. The number of hydrogen-bond acceptors (Lipinski definition) is 4. The number of benzene rings is 1. The maximum atomic E-state index is 12.3. The van der Waals surface area contributed by atoms with Crippen LogP contribution < -0.4 is 25.2 Å². The van der Waals surface area contributed by atoms with E-state index >= 15 is 0 Å². The molecule has 27 heavy (non-hydrogen) atoms. The predicted molar refractivity (Wildman–Crippen MR) is 101 cm³/mol. The molecule has 0 aliphatic carbocycles. The van der Waals surface area contributed by atoms with Gasteiger partial charge in [-0.3, -0.25) is 4.79 Å². The molecule has 2 fully saturated rings. The van der Waals surface area contributed by atoms with Crippen LogP contribution in [0.15, 0.2) is 24.3 Å². The van der Waals surface area contributed by atoms with E-state index in [0.29, 0.717) is 19.5 Å². The van der Waals surface area contributed by atoms with Gasteiger partial charge in [-0.15, -0.1) is 0 Å². The van der Waals surface area contributed by atoms with Crippen LogP contribution in [-0.2, 0) is 9.53 Å². The fraction of sp³-hybridized carbons (Fsp3) is 0.579. The number of carbonyl (C=O) groups excluding carboxylic acids is 2. The third-order valence-electron chi connectivity index (χ3n) is 5.04. The van der Waals surface area contributed by atoms with Crippen LogP contribution in [0.25, 0.3) is 0 Å². The van der Waals surface area contributed by atoms with E-state index in [9.17, 15) is 9.59 Å². The summed E-state index contributed by atoms with van der Waals surface area (Å²) in [6, 6.07) is 6.98. The Morgan fingerprint density at radius 2 is 2.04 bits per heavy atom. The molecule has 2 aliphatic heterocycles. The zero-order chi connectivity index (χ0) is 19.1. The highest BCUT2D eigenvalue weighted by atomic mass is 16.5. The summed E-state index contributed by atoms with van der Waals surface area (Å²) in [4.78, 5) is 27.6. The lowest BCUT2D eigenvalue weighted by atomic mass is 10.2. The molecule has 2 heterocycles. The lowest BCUT2D eigenvalue weighted by molar-refractivity contribution is -0.908. The molecule has 1 aromatic rings. The minimum absolute atomic E-state index is 0.0152. The Labute approximate surface area is 159 Å². The van der Waals surface area contributed by atoms with Crippen LogP contribution in [0.1, 0.15) is 12.8 Å². The second-order valence-corrected chi connectivity index (χ2v) is 6.97. The largest absolute Gasteiger partial charge is 0.497 e. The average Bonchev–Trinajstić information content (AvgIpc) is 3.06. The zero-order valence-electron chi connectivity index (χ0n) is 15.8. The first-order valence-corrected chi connectivity index (χ1v) is 9.56. The number of rotatable bonds is 7. The molecule has 8 heteroatoms. The third kappa shape index (κ3) is 5.58. The van der Waals surface area contributed by atoms with Gasteiger partial charge in [0.25, 0.3) is 0 Å². The van der Waals surface area contributed by atoms with Gasteiger partial charge in [-0.25, -0.2) is 4.79 Å². The van der Waals surface area contributed by atoms with E-state index in [4.69, 9.17) is 9.47 Å². The molecule has 0 bridgehead atoms. The number of anilines is 1. The molecule has 2 saturated heterocycles. The van der Waals surface area contributed by atoms with Crippen molar-refractivity contribution in [3.63, 3.8) is 0 Å². The smallest absolute Gasteiger partial charge is 0.315 e. The average molecular weight is 377 g/mol. The van der Waals surface area contributed by atoms with E-state index in [0.717, 1.165) is 50.7 Å². The molecule has 0 aromatic heterocycles. The topological polar surface area (TPSA) is 84.3 Å². The molecule has 148 valence electrons. The summed E-state index contributed by atoms with van der Waals surface area (Å²) in [6.45, 7) is 5.88. The van der Waals surface area contributed by atoms with Crippen molar-refractivity contribution in [2.75, 3.05) is 57.9 Å². The summed E-state index contributed by atoms with van der Waals surface area (Å²) in [5.74, 6) is 0.764. The van der Waals surface area contributed by atoms with Gasteiger partial charge in [-0.1, -0.05) is 0 Å². The molecule has 3 N–H and O–H groups in total. The number of nitrogens with zero attached hydrogens (tertiary/aromatic N) is 1. The minimum atomic E-state index is -0.207. The van der Waals surface area contributed by atoms with Crippen molar-refractivity contribution in [1.29, 1.82) is 0 Å². The van der Waals surface area contributed by atoms with Crippen LogP contribution in [0.5, 0.6) is 5.75 Å². The van der Waals surface area contributed by atoms with Crippen LogP contribution in [0.3, 0.4) is 0 Å². The molecular formula is C19H29N4O4+. The van der Waals surface area contributed by atoms with E-state index in [1.54, 1.807) is 12.0 Å². The van der Waals surface area contributed by atoms with Crippen LogP contribution in [0.4, 0.5) is 10.5 Å². The highest BCUT2D eigenvalue weighted by molar-refractivity contribution is 5.96. The fourth-order valence-electron chi connectivity index (χ4n) is 3.50. The van der Waals surface area contributed by atoms with Crippen molar-refractivity contribution < 1.29 is 24.0 Å². The van der Waals surface area contributed by atoms with E-state index in [2.05, 4.69) is 10.6 Å². The third-order valence-corrected chi connectivity index (χ3v) is 5.04. The first kappa shape index (κ1) is 19.4. The first-order valence-electron chi connectivity index (χ1n) is 9.56. The summed E-state index contributed by atoms with van der Waals surface area (Å²) in [7, 11) is 1.61. The predicted octanol–water partition coefficient (Wildman–Crippen LogP) is -0.595. The number of quaternary nitrogens is 1. The maximum absolute atomic E-state index is 12.3. The minimum Gasteiger partial charge on any atom is -0.497 e. The van der Waals surface area contributed by atoms with Gasteiger partial charge in [-0.2, -0.15) is 0 Å². The monoisotopic (exact) mass is 377 g/mol. The normalized spacial score (nSPS) is 20.6. The van der Waals surface area contributed by atoms with E-state index < -0.39 is 0 Å². The summed E-state index contributed by atoms with van der Waals surface area (Å²) in [5, 5.41) is 5.80. The SMILES string of the molecule is COc1ccc(N2C[C@@H](NC(=O)NCCC[NH+]3CCOCC3)CC2=O)cc1. The Morgan fingerprint density at radius 3 is 2.74 bits per heavy atom. The summed E-state index contributed by atoms with van der Waals surface area (Å²) < 4.78 is 10.5. The lowest BCUT2D eigenvalue weighted by Gasteiger charge is -2.23. The molecule has 2 aliphatic rings. The number of ether oxygens (including phenoxy) is 2. The fourth-order valence-corrected chi connectivity index (χ4v) is 3.50. The van der Waals surface area contributed by atoms with Crippen molar-refractivity contribution in [2.24, 2.45) is 0 Å². The molecule has 3 amide bonds. The molecule has 1 aromatic carbocycles. The molecule has 8 nitrogen and oxygen atoms in total. The number of carbonyl (C=O) groups is 2. The Hall–Kier alpha value is -2.32. The molecule has 1 atom stereocenters. The highest BCUT2D eigenvalue weighted by Gasteiger charge is 2.31. The molecule has 0 unspecified atom stereocenters. The van der Waals surface area contributed by atoms with Crippen LogP contribution in [0, 0.1) is 0 Å². The van der Waals surface area contributed by atoms with Crippen LogP contribution in [-0.4, -0.2) is 71.0 Å². The second kappa shape index (κ2) is 9.57. The Kier molecular flexibility index (Phi) is 6.89. The number of amides is 3. The van der Waals surface area contributed by atoms with Crippen molar-refractivity contribution in [3.05, 3.63) is 24.3 Å². The quantitative estimate of drug-likeness (QED) is 0.555. The van der Waals surface area contributed by atoms with Crippen molar-refractivity contribution in [3.8, 4) is 5.75 Å². The zero-order valence-corrected chi connectivity index (χ0v) is 15.8. The standard InChI is InChI=1S/C19H28N4O4/c1-26-17-5-3-16(4-6-17)23-14-15(13-18(23)24)21-19(25)20-7-2-8-22-9-11-27-12-10-22/h3-6,15H,2,7-14H2,1H3,(H2,20,21,25)/p+1/t15-/m0/s1. The molecule has 0 saturated carbocycles. The number of hydrogen-bond donors (Lipinski definition) is 3. The first-order chi connectivity index (χ1) is 13.2. The number of nitrogens with one attached hydrogen (secondary N) is 3.